The summed E-state index contributed by atoms with van der Waals surface area (Å²) in [6, 6.07) is 8.81. The van der Waals surface area contributed by atoms with Gasteiger partial charge in [0.1, 0.15) is 0 Å². The summed E-state index contributed by atoms with van der Waals surface area (Å²) in [5.74, 6) is 0. The molecule has 0 atom stereocenters. The van der Waals surface area contributed by atoms with Gasteiger partial charge in [-0.15, -0.1) is 24.0 Å². The molecule has 0 bridgehead atoms. The minimum atomic E-state index is 0. The third-order valence-corrected chi connectivity index (χ3v) is 2.20. The molecule has 0 aliphatic carbocycles. The molecule has 80 valence electrons. The summed E-state index contributed by atoms with van der Waals surface area (Å²) < 4.78 is 0. The molecule has 1 aromatic carbocycles. The standard InChI is InChI=1S/C12H19N.HI/c1-12(2,3)11-7-5-10(6-8-11)9-13-4;/h5-8,13H,9H2,1-4H3;1H. The first-order chi connectivity index (χ1) is 6.04. The van der Waals surface area contributed by atoms with Crippen molar-refractivity contribution < 1.29 is 0 Å². The lowest BCUT2D eigenvalue weighted by Crippen LogP contribution is -2.11. The Bertz CT molecular complexity index is 259. The first-order valence-corrected chi connectivity index (χ1v) is 4.78. The van der Waals surface area contributed by atoms with Crippen molar-refractivity contribution in [2.45, 2.75) is 32.7 Å². The largest absolute Gasteiger partial charge is 0.316 e. The maximum absolute atomic E-state index is 3.14. The summed E-state index contributed by atoms with van der Waals surface area (Å²) in [4.78, 5) is 0. The van der Waals surface area contributed by atoms with Crippen LogP contribution in [0.2, 0.25) is 0 Å². The van der Waals surface area contributed by atoms with Gasteiger partial charge in [0.25, 0.3) is 0 Å². The Morgan fingerprint density at radius 2 is 1.57 bits per heavy atom. The third kappa shape index (κ3) is 3.96. The molecule has 0 saturated heterocycles. The maximum Gasteiger partial charge on any atom is 0.0202 e. The number of hydrogen-bond donors (Lipinski definition) is 1. The summed E-state index contributed by atoms with van der Waals surface area (Å²) in [5, 5.41) is 3.14. The van der Waals surface area contributed by atoms with Gasteiger partial charge in [-0.25, -0.2) is 0 Å². The first kappa shape index (κ1) is 13.9. The highest BCUT2D eigenvalue weighted by Gasteiger charge is 2.12. The molecule has 0 heterocycles. The van der Waals surface area contributed by atoms with Crippen LogP contribution in [0.3, 0.4) is 0 Å². The van der Waals surface area contributed by atoms with E-state index in [-0.39, 0.29) is 29.4 Å². The zero-order valence-electron chi connectivity index (χ0n) is 9.42. The van der Waals surface area contributed by atoms with E-state index in [1.165, 1.54) is 11.1 Å². The van der Waals surface area contributed by atoms with Gasteiger partial charge >= 0.3 is 0 Å². The van der Waals surface area contributed by atoms with Crippen molar-refractivity contribution in [1.82, 2.24) is 5.32 Å². The van der Waals surface area contributed by atoms with Crippen LogP contribution in [0.4, 0.5) is 0 Å². The summed E-state index contributed by atoms with van der Waals surface area (Å²) >= 11 is 0. The van der Waals surface area contributed by atoms with Gasteiger partial charge in [0, 0.05) is 6.54 Å². The van der Waals surface area contributed by atoms with Crippen molar-refractivity contribution in [3.8, 4) is 0 Å². The average Bonchev–Trinajstić information content (AvgIpc) is 2.04. The maximum atomic E-state index is 3.14. The molecule has 0 fully saturated rings. The van der Waals surface area contributed by atoms with Crippen molar-refractivity contribution in [2.24, 2.45) is 0 Å². The number of benzene rings is 1. The zero-order chi connectivity index (χ0) is 9.90. The molecule has 1 rings (SSSR count). The number of nitrogens with one attached hydrogen (secondary N) is 1. The summed E-state index contributed by atoms with van der Waals surface area (Å²) in [6.07, 6.45) is 0. The highest BCUT2D eigenvalue weighted by molar-refractivity contribution is 14.0. The topological polar surface area (TPSA) is 12.0 Å². The van der Waals surface area contributed by atoms with E-state index in [0.717, 1.165) is 6.54 Å². The van der Waals surface area contributed by atoms with Crippen LogP contribution >= 0.6 is 24.0 Å². The number of rotatable bonds is 2. The van der Waals surface area contributed by atoms with Crippen LogP contribution < -0.4 is 5.32 Å². The minimum absolute atomic E-state index is 0. The van der Waals surface area contributed by atoms with Crippen molar-refractivity contribution >= 4 is 24.0 Å². The lowest BCUT2D eigenvalue weighted by Gasteiger charge is -2.19. The molecule has 1 aromatic rings. The van der Waals surface area contributed by atoms with Crippen molar-refractivity contribution in [1.29, 1.82) is 0 Å². The van der Waals surface area contributed by atoms with Gasteiger partial charge in [-0.1, -0.05) is 45.0 Å². The second-order valence-electron chi connectivity index (χ2n) is 4.48. The Balaban J connectivity index is 0.00000169. The molecule has 1 N–H and O–H groups in total. The van der Waals surface area contributed by atoms with Gasteiger partial charge in [-0.2, -0.15) is 0 Å². The zero-order valence-corrected chi connectivity index (χ0v) is 11.8. The van der Waals surface area contributed by atoms with E-state index in [9.17, 15) is 0 Å². The third-order valence-electron chi connectivity index (χ3n) is 2.20. The summed E-state index contributed by atoms with van der Waals surface area (Å²) in [7, 11) is 1.97. The smallest absolute Gasteiger partial charge is 0.0202 e. The molecule has 0 radical (unpaired) electrons. The minimum Gasteiger partial charge on any atom is -0.316 e. The quantitative estimate of drug-likeness (QED) is 0.827. The molecule has 1 nitrogen and oxygen atoms in total. The lowest BCUT2D eigenvalue weighted by molar-refractivity contribution is 0.590. The van der Waals surface area contributed by atoms with E-state index < -0.39 is 0 Å². The number of hydrogen-bond acceptors (Lipinski definition) is 1. The normalized spacial score (nSPS) is 10.9. The molecular formula is C12H20IN. The van der Waals surface area contributed by atoms with Gasteiger partial charge in [-0.05, 0) is 23.6 Å². The van der Waals surface area contributed by atoms with Crippen LogP contribution in [0.25, 0.3) is 0 Å². The van der Waals surface area contributed by atoms with E-state index in [1.54, 1.807) is 0 Å². The van der Waals surface area contributed by atoms with E-state index >= 15 is 0 Å². The molecule has 0 aromatic heterocycles. The van der Waals surface area contributed by atoms with E-state index in [0.29, 0.717) is 0 Å². The highest BCUT2D eigenvalue weighted by Crippen LogP contribution is 2.21. The van der Waals surface area contributed by atoms with Crippen molar-refractivity contribution in [2.75, 3.05) is 7.05 Å². The Morgan fingerprint density at radius 1 is 1.07 bits per heavy atom. The van der Waals surface area contributed by atoms with Crippen molar-refractivity contribution in [3.63, 3.8) is 0 Å². The lowest BCUT2D eigenvalue weighted by atomic mass is 9.87. The fourth-order valence-electron chi connectivity index (χ4n) is 1.33. The monoisotopic (exact) mass is 305 g/mol. The second kappa shape index (κ2) is 5.71. The molecular weight excluding hydrogens is 285 g/mol. The Kier molecular flexibility index (Phi) is 5.67. The van der Waals surface area contributed by atoms with Crippen LogP contribution in [0.1, 0.15) is 31.9 Å². The first-order valence-electron chi connectivity index (χ1n) is 4.78. The number of halogens is 1. The van der Waals surface area contributed by atoms with Gasteiger partial charge in [0.2, 0.25) is 0 Å². The SMILES string of the molecule is CNCc1ccc(C(C)(C)C)cc1.I. The van der Waals surface area contributed by atoms with Crippen molar-refractivity contribution in [3.05, 3.63) is 35.4 Å². The second-order valence-corrected chi connectivity index (χ2v) is 4.48. The Hall–Kier alpha value is -0.0900. The molecule has 2 heteroatoms. The van der Waals surface area contributed by atoms with Gasteiger partial charge in [-0.3, -0.25) is 0 Å². The van der Waals surface area contributed by atoms with Crippen LogP contribution in [0, 0.1) is 0 Å². The van der Waals surface area contributed by atoms with Gasteiger partial charge in [0.15, 0.2) is 0 Å². The Labute approximate surface area is 104 Å². The summed E-state index contributed by atoms with van der Waals surface area (Å²) in [6.45, 7) is 7.66. The fourth-order valence-corrected chi connectivity index (χ4v) is 1.33. The van der Waals surface area contributed by atoms with E-state index in [4.69, 9.17) is 0 Å². The molecule has 0 aliphatic heterocycles. The van der Waals surface area contributed by atoms with Crippen LogP contribution in [0.5, 0.6) is 0 Å². The van der Waals surface area contributed by atoms with Crippen LogP contribution in [0.15, 0.2) is 24.3 Å². The van der Waals surface area contributed by atoms with Gasteiger partial charge in [0.05, 0.1) is 0 Å². The fraction of sp³-hybridized carbons (Fsp3) is 0.500. The molecule has 0 unspecified atom stereocenters. The van der Waals surface area contributed by atoms with Crippen LogP contribution in [-0.4, -0.2) is 7.05 Å². The molecule has 0 aliphatic rings. The molecule has 0 saturated carbocycles. The Morgan fingerprint density at radius 3 is 1.93 bits per heavy atom. The van der Waals surface area contributed by atoms with E-state index in [1.807, 2.05) is 7.05 Å². The molecule has 0 spiro atoms. The van der Waals surface area contributed by atoms with Crippen LogP contribution in [-0.2, 0) is 12.0 Å². The predicted octanol–water partition coefficient (Wildman–Crippen LogP) is 3.32. The summed E-state index contributed by atoms with van der Waals surface area (Å²) in [5.41, 5.74) is 3.00. The van der Waals surface area contributed by atoms with E-state index in [2.05, 4.69) is 50.4 Å². The predicted molar refractivity (Wildman–Crippen MR) is 73.3 cm³/mol. The molecule has 14 heavy (non-hydrogen) atoms. The van der Waals surface area contributed by atoms with Gasteiger partial charge < -0.3 is 5.32 Å². The highest BCUT2D eigenvalue weighted by atomic mass is 127. The molecule has 0 amide bonds. The average molecular weight is 305 g/mol.